The number of allylic oxidation sites excluding steroid dienone is 4. The van der Waals surface area contributed by atoms with Crippen LogP contribution in [-0.2, 0) is 16.0 Å². The van der Waals surface area contributed by atoms with E-state index in [2.05, 4.69) is 0 Å². The standard InChI is InChI=1S/C14H10O4/c15-12-4-5-13(16)11(8-12)7-9-2-1-3-10(6-9)14(17)18/h1-6,8H,7H2,(H,17,18). The molecule has 0 saturated carbocycles. The average Bonchev–Trinajstić information content (AvgIpc) is 2.34. The molecule has 0 fully saturated rings. The number of carbonyl (C=O) groups excluding carboxylic acids is 2. The summed E-state index contributed by atoms with van der Waals surface area (Å²) in [5.74, 6) is -1.45. The van der Waals surface area contributed by atoms with Gasteiger partial charge in [0.2, 0.25) is 0 Å². The minimum atomic E-state index is -1.02. The lowest BCUT2D eigenvalue weighted by Crippen LogP contribution is -2.10. The van der Waals surface area contributed by atoms with Crippen molar-refractivity contribution < 1.29 is 19.5 Å². The summed E-state index contributed by atoms with van der Waals surface area (Å²) in [7, 11) is 0. The summed E-state index contributed by atoms with van der Waals surface area (Å²) < 4.78 is 0. The summed E-state index contributed by atoms with van der Waals surface area (Å²) in [6.45, 7) is 0. The maximum atomic E-state index is 11.5. The second-order valence-corrected chi connectivity index (χ2v) is 3.95. The average molecular weight is 242 g/mol. The molecule has 0 aromatic heterocycles. The van der Waals surface area contributed by atoms with Gasteiger partial charge in [-0.05, 0) is 35.9 Å². The molecule has 1 aliphatic rings. The molecule has 0 heterocycles. The first-order chi connectivity index (χ1) is 8.56. The maximum absolute atomic E-state index is 11.5. The Kier molecular flexibility index (Phi) is 3.19. The molecule has 1 aromatic carbocycles. The van der Waals surface area contributed by atoms with E-state index < -0.39 is 5.97 Å². The van der Waals surface area contributed by atoms with Gasteiger partial charge in [0.25, 0.3) is 0 Å². The first-order valence-electron chi connectivity index (χ1n) is 5.35. The third-order valence-corrected chi connectivity index (χ3v) is 2.60. The van der Waals surface area contributed by atoms with Crippen LogP contribution in [-0.4, -0.2) is 22.6 Å². The van der Waals surface area contributed by atoms with E-state index in [0.29, 0.717) is 11.1 Å². The number of ketones is 2. The normalized spacial score (nSPS) is 14.6. The van der Waals surface area contributed by atoms with Crippen molar-refractivity contribution in [3.8, 4) is 0 Å². The monoisotopic (exact) mass is 242 g/mol. The summed E-state index contributed by atoms with van der Waals surface area (Å²) in [5.41, 5.74) is 1.24. The van der Waals surface area contributed by atoms with Gasteiger partial charge in [-0.1, -0.05) is 12.1 Å². The van der Waals surface area contributed by atoms with E-state index in [1.54, 1.807) is 12.1 Å². The highest BCUT2D eigenvalue weighted by atomic mass is 16.4. The van der Waals surface area contributed by atoms with Crippen molar-refractivity contribution in [3.63, 3.8) is 0 Å². The molecule has 4 heteroatoms. The zero-order valence-corrected chi connectivity index (χ0v) is 9.42. The predicted molar refractivity (Wildman–Crippen MR) is 64.3 cm³/mol. The van der Waals surface area contributed by atoms with Gasteiger partial charge >= 0.3 is 5.97 Å². The van der Waals surface area contributed by atoms with Crippen molar-refractivity contribution in [1.82, 2.24) is 0 Å². The van der Waals surface area contributed by atoms with Crippen LogP contribution >= 0.6 is 0 Å². The lowest BCUT2D eigenvalue weighted by Gasteiger charge is -2.07. The Balaban J connectivity index is 2.24. The molecule has 0 saturated heterocycles. The molecule has 0 spiro atoms. The third-order valence-electron chi connectivity index (χ3n) is 2.60. The molecule has 2 rings (SSSR count). The van der Waals surface area contributed by atoms with Crippen molar-refractivity contribution in [2.75, 3.05) is 0 Å². The molecular weight excluding hydrogens is 232 g/mol. The van der Waals surface area contributed by atoms with Gasteiger partial charge in [-0.2, -0.15) is 0 Å². The zero-order valence-electron chi connectivity index (χ0n) is 9.42. The molecule has 0 bridgehead atoms. The summed E-state index contributed by atoms with van der Waals surface area (Å²) >= 11 is 0. The summed E-state index contributed by atoms with van der Waals surface area (Å²) in [4.78, 5) is 33.5. The largest absolute Gasteiger partial charge is 0.478 e. The van der Waals surface area contributed by atoms with E-state index in [1.807, 2.05) is 0 Å². The fourth-order valence-electron chi connectivity index (χ4n) is 1.73. The number of carboxylic acid groups (broad SMARTS) is 1. The smallest absolute Gasteiger partial charge is 0.335 e. The number of rotatable bonds is 3. The van der Waals surface area contributed by atoms with Gasteiger partial charge in [-0.25, -0.2) is 4.79 Å². The first kappa shape index (κ1) is 12.0. The molecule has 1 N–H and O–H groups in total. The lowest BCUT2D eigenvalue weighted by atomic mass is 9.96. The Morgan fingerprint density at radius 2 is 1.94 bits per heavy atom. The van der Waals surface area contributed by atoms with Crippen LogP contribution in [0.1, 0.15) is 15.9 Å². The number of hydrogen-bond donors (Lipinski definition) is 1. The molecule has 1 aromatic rings. The Hall–Kier alpha value is -2.49. The number of benzene rings is 1. The van der Waals surface area contributed by atoms with Crippen LogP contribution < -0.4 is 0 Å². The maximum Gasteiger partial charge on any atom is 0.335 e. The highest BCUT2D eigenvalue weighted by Crippen LogP contribution is 2.14. The molecule has 90 valence electrons. The number of carboxylic acids is 1. The Morgan fingerprint density at radius 1 is 1.17 bits per heavy atom. The fraction of sp³-hybridized carbons (Fsp3) is 0.0714. The number of aromatic carboxylic acids is 1. The summed E-state index contributed by atoms with van der Waals surface area (Å²) in [5, 5.41) is 8.86. The highest BCUT2D eigenvalue weighted by molar-refractivity contribution is 6.17. The van der Waals surface area contributed by atoms with Crippen molar-refractivity contribution in [3.05, 3.63) is 59.2 Å². The predicted octanol–water partition coefficient (Wildman–Crippen LogP) is 1.56. The van der Waals surface area contributed by atoms with Gasteiger partial charge < -0.3 is 5.11 Å². The lowest BCUT2D eigenvalue weighted by molar-refractivity contribution is -0.114. The molecule has 18 heavy (non-hydrogen) atoms. The van der Waals surface area contributed by atoms with Crippen molar-refractivity contribution in [2.24, 2.45) is 0 Å². The Labute approximate surface area is 103 Å². The Morgan fingerprint density at radius 3 is 2.67 bits per heavy atom. The molecule has 0 unspecified atom stereocenters. The van der Waals surface area contributed by atoms with Gasteiger partial charge in [0.1, 0.15) is 0 Å². The number of hydrogen-bond acceptors (Lipinski definition) is 3. The second-order valence-electron chi connectivity index (χ2n) is 3.95. The van der Waals surface area contributed by atoms with Gasteiger partial charge in [-0.15, -0.1) is 0 Å². The van der Waals surface area contributed by atoms with E-state index in [-0.39, 0.29) is 23.6 Å². The van der Waals surface area contributed by atoms with Gasteiger partial charge in [-0.3, -0.25) is 9.59 Å². The number of carbonyl (C=O) groups is 3. The minimum absolute atomic E-state index is 0.165. The third kappa shape index (κ3) is 2.60. The van der Waals surface area contributed by atoms with Gasteiger partial charge in [0.05, 0.1) is 5.56 Å². The van der Waals surface area contributed by atoms with Crippen molar-refractivity contribution >= 4 is 17.5 Å². The molecule has 0 radical (unpaired) electrons. The first-order valence-corrected chi connectivity index (χ1v) is 5.35. The highest BCUT2D eigenvalue weighted by Gasteiger charge is 2.14. The molecule has 4 nitrogen and oxygen atoms in total. The van der Waals surface area contributed by atoms with Crippen molar-refractivity contribution in [2.45, 2.75) is 6.42 Å². The quantitative estimate of drug-likeness (QED) is 0.816. The van der Waals surface area contributed by atoms with E-state index in [1.165, 1.54) is 30.4 Å². The van der Waals surface area contributed by atoms with Crippen molar-refractivity contribution in [1.29, 1.82) is 0 Å². The molecule has 0 aliphatic heterocycles. The van der Waals surface area contributed by atoms with Crippen LogP contribution in [0.25, 0.3) is 0 Å². The van der Waals surface area contributed by atoms with E-state index in [0.717, 1.165) is 0 Å². The molecule has 0 amide bonds. The second kappa shape index (κ2) is 4.79. The molecular formula is C14H10O4. The zero-order chi connectivity index (χ0) is 13.1. The molecule has 0 atom stereocenters. The van der Waals surface area contributed by atoms with Crippen LogP contribution in [0.15, 0.2) is 48.1 Å². The van der Waals surface area contributed by atoms with Gasteiger partial charge in [0, 0.05) is 12.0 Å². The summed E-state index contributed by atoms with van der Waals surface area (Å²) in [6.07, 6.45) is 4.00. The van der Waals surface area contributed by atoms with Crippen LogP contribution in [0.4, 0.5) is 0 Å². The minimum Gasteiger partial charge on any atom is -0.478 e. The summed E-state index contributed by atoms with van der Waals surface area (Å²) in [6, 6.07) is 6.32. The van der Waals surface area contributed by atoms with E-state index in [4.69, 9.17) is 5.11 Å². The Bertz CT molecular complexity index is 594. The van der Waals surface area contributed by atoms with Gasteiger partial charge in [0.15, 0.2) is 11.6 Å². The van der Waals surface area contributed by atoms with E-state index >= 15 is 0 Å². The van der Waals surface area contributed by atoms with Crippen LogP contribution in [0.3, 0.4) is 0 Å². The van der Waals surface area contributed by atoms with Crippen LogP contribution in [0, 0.1) is 0 Å². The van der Waals surface area contributed by atoms with Crippen LogP contribution in [0.2, 0.25) is 0 Å². The topological polar surface area (TPSA) is 71.4 Å². The van der Waals surface area contributed by atoms with E-state index in [9.17, 15) is 14.4 Å². The van der Waals surface area contributed by atoms with Crippen LogP contribution in [0.5, 0.6) is 0 Å². The fourth-order valence-corrected chi connectivity index (χ4v) is 1.73. The SMILES string of the molecule is O=C1C=CC(=O)C(Cc2cccc(C(=O)O)c2)=C1. The molecule has 1 aliphatic carbocycles.